The van der Waals surface area contributed by atoms with Gasteiger partial charge in [0.15, 0.2) is 0 Å². The van der Waals surface area contributed by atoms with Gasteiger partial charge >= 0.3 is 5.97 Å². The van der Waals surface area contributed by atoms with E-state index in [1.165, 1.54) is 11.3 Å². The molecule has 1 aromatic rings. The van der Waals surface area contributed by atoms with Crippen LogP contribution >= 0.6 is 11.3 Å². The largest absolute Gasteiger partial charge is 0.477 e. The van der Waals surface area contributed by atoms with Gasteiger partial charge in [-0.05, 0) is 20.2 Å². The molecule has 0 atom stereocenters. The van der Waals surface area contributed by atoms with Gasteiger partial charge in [-0.1, -0.05) is 0 Å². The molecule has 1 N–H and O–H groups in total. The number of likely N-dealkylation sites (N-methyl/N-ethyl adjacent to an activating group) is 2. The Morgan fingerprint density at radius 3 is 2.53 bits per heavy atom. The smallest absolute Gasteiger partial charge is 0.345 e. The van der Waals surface area contributed by atoms with Crippen molar-refractivity contribution in [3.05, 3.63) is 16.3 Å². The van der Waals surface area contributed by atoms with Gasteiger partial charge in [0.05, 0.1) is 0 Å². The van der Waals surface area contributed by atoms with Crippen molar-refractivity contribution in [2.45, 2.75) is 0 Å². The van der Waals surface area contributed by atoms with E-state index in [2.05, 4.69) is 9.80 Å². The van der Waals surface area contributed by atoms with Crippen molar-refractivity contribution in [2.75, 3.05) is 39.1 Å². The molecule has 0 spiro atoms. The van der Waals surface area contributed by atoms with Gasteiger partial charge in [-0.2, -0.15) is 0 Å². The van der Waals surface area contributed by atoms with Crippen molar-refractivity contribution in [2.24, 2.45) is 0 Å². The van der Waals surface area contributed by atoms with E-state index in [0.29, 0.717) is 4.88 Å². The summed E-state index contributed by atoms with van der Waals surface area (Å²) in [4.78, 5) is 15.2. The normalized spacial score (nSPS) is 10.7. The second-order valence-electron chi connectivity index (χ2n) is 3.70. The number of hydrogen-bond donors (Lipinski definition) is 1. The molecule has 0 aliphatic heterocycles. The van der Waals surface area contributed by atoms with E-state index in [-0.39, 0.29) is 0 Å². The average molecular weight is 228 g/mol. The summed E-state index contributed by atoms with van der Waals surface area (Å²) in [5.41, 5.74) is 0.972. The molecule has 0 saturated heterocycles. The second-order valence-corrected chi connectivity index (χ2v) is 4.61. The number of rotatable bonds is 5. The van der Waals surface area contributed by atoms with Crippen molar-refractivity contribution in [3.63, 3.8) is 0 Å². The Morgan fingerprint density at radius 1 is 1.40 bits per heavy atom. The topological polar surface area (TPSA) is 43.8 Å². The van der Waals surface area contributed by atoms with Crippen LogP contribution in [0.3, 0.4) is 0 Å². The summed E-state index contributed by atoms with van der Waals surface area (Å²) in [7, 11) is 6.01. The maximum Gasteiger partial charge on any atom is 0.345 e. The molecule has 0 radical (unpaired) electrons. The number of carboxylic acids is 1. The van der Waals surface area contributed by atoms with E-state index in [1.807, 2.05) is 26.5 Å². The molecule has 1 rings (SSSR count). The van der Waals surface area contributed by atoms with E-state index >= 15 is 0 Å². The summed E-state index contributed by atoms with van der Waals surface area (Å²) in [5.74, 6) is -0.854. The summed E-state index contributed by atoms with van der Waals surface area (Å²) >= 11 is 1.27. The van der Waals surface area contributed by atoms with Crippen molar-refractivity contribution < 1.29 is 9.90 Å². The van der Waals surface area contributed by atoms with E-state index in [0.717, 1.165) is 18.8 Å². The summed E-state index contributed by atoms with van der Waals surface area (Å²) in [6, 6.07) is 1.71. The van der Waals surface area contributed by atoms with E-state index in [4.69, 9.17) is 5.11 Å². The van der Waals surface area contributed by atoms with Crippen LogP contribution in [0.5, 0.6) is 0 Å². The maximum atomic E-state index is 10.7. The van der Waals surface area contributed by atoms with Crippen molar-refractivity contribution in [1.29, 1.82) is 0 Å². The van der Waals surface area contributed by atoms with Crippen LogP contribution in [-0.4, -0.2) is 50.2 Å². The van der Waals surface area contributed by atoms with Crippen molar-refractivity contribution >= 4 is 23.0 Å². The molecule has 5 heteroatoms. The Kier molecular flexibility index (Phi) is 4.11. The summed E-state index contributed by atoms with van der Waals surface area (Å²) in [5, 5.41) is 10.7. The number of thiophene rings is 1. The zero-order valence-corrected chi connectivity index (χ0v) is 10.0. The highest BCUT2D eigenvalue weighted by molar-refractivity contribution is 7.12. The Morgan fingerprint density at radius 2 is 2.07 bits per heavy atom. The number of carboxylic acid groups (broad SMARTS) is 1. The Labute approximate surface area is 93.7 Å². The fraction of sp³-hybridized carbons (Fsp3) is 0.500. The van der Waals surface area contributed by atoms with Gasteiger partial charge in [0, 0.05) is 31.2 Å². The SMILES string of the molecule is CN(C)CCN(C)c1csc(C(=O)O)c1. The van der Waals surface area contributed by atoms with Crippen LogP contribution in [0.25, 0.3) is 0 Å². The minimum absolute atomic E-state index is 0.390. The highest BCUT2D eigenvalue weighted by Crippen LogP contribution is 2.21. The molecule has 0 amide bonds. The molecule has 0 saturated carbocycles. The third-order valence-corrected chi connectivity index (χ3v) is 3.03. The molecular weight excluding hydrogens is 212 g/mol. The zero-order chi connectivity index (χ0) is 11.4. The molecule has 15 heavy (non-hydrogen) atoms. The predicted molar refractivity (Wildman–Crippen MR) is 63.1 cm³/mol. The molecule has 1 aromatic heterocycles. The zero-order valence-electron chi connectivity index (χ0n) is 9.23. The molecule has 0 unspecified atom stereocenters. The third-order valence-electron chi connectivity index (χ3n) is 2.12. The van der Waals surface area contributed by atoms with Crippen LogP contribution in [0.15, 0.2) is 11.4 Å². The summed E-state index contributed by atoms with van der Waals surface area (Å²) in [6.45, 7) is 1.84. The van der Waals surface area contributed by atoms with Crippen LogP contribution < -0.4 is 4.90 Å². The van der Waals surface area contributed by atoms with Crippen LogP contribution in [0, 0.1) is 0 Å². The first-order valence-electron chi connectivity index (χ1n) is 4.68. The minimum Gasteiger partial charge on any atom is -0.477 e. The van der Waals surface area contributed by atoms with Gasteiger partial charge in [0.25, 0.3) is 0 Å². The Balaban J connectivity index is 2.58. The minimum atomic E-state index is -0.854. The lowest BCUT2D eigenvalue weighted by Crippen LogP contribution is -2.28. The molecule has 0 aromatic carbocycles. The lowest BCUT2D eigenvalue weighted by atomic mass is 10.4. The Hall–Kier alpha value is -1.07. The molecule has 0 aliphatic carbocycles. The van der Waals surface area contributed by atoms with Crippen LogP contribution in [0.2, 0.25) is 0 Å². The number of anilines is 1. The van der Waals surface area contributed by atoms with Gasteiger partial charge in [-0.3, -0.25) is 0 Å². The molecule has 0 aliphatic rings. The number of hydrogen-bond acceptors (Lipinski definition) is 4. The van der Waals surface area contributed by atoms with Gasteiger partial charge in [0.2, 0.25) is 0 Å². The maximum absolute atomic E-state index is 10.7. The lowest BCUT2D eigenvalue weighted by molar-refractivity contribution is 0.0702. The van der Waals surface area contributed by atoms with Crippen molar-refractivity contribution in [1.82, 2.24) is 4.90 Å². The highest BCUT2D eigenvalue weighted by atomic mass is 32.1. The van der Waals surface area contributed by atoms with Gasteiger partial charge in [-0.15, -0.1) is 11.3 Å². The van der Waals surface area contributed by atoms with Crippen LogP contribution in [0.4, 0.5) is 5.69 Å². The third kappa shape index (κ3) is 3.53. The molecular formula is C10H16N2O2S. The summed E-state index contributed by atoms with van der Waals surface area (Å²) in [6.07, 6.45) is 0. The van der Waals surface area contributed by atoms with E-state index in [1.54, 1.807) is 6.07 Å². The number of aromatic carboxylic acids is 1. The predicted octanol–water partition coefficient (Wildman–Crippen LogP) is 1.44. The monoisotopic (exact) mass is 228 g/mol. The van der Waals surface area contributed by atoms with Crippen LogP contribution in [-0.2, 0) is 0 Å². The second kappa shape index (κ2) is 5.14. The molecule has 4 nitrogen and oxygen atoms in total. The number of carbonyl (C=O) groups is 1. The standard InChI is InChI=1S/C10H16N2O2S/c1-11(2)4-5-12(3)8-6-9(10(13)14)15-7-8/h6-7H,4-5H2,1-3H3,(H,13,14). The van der Waals surface area contributed by atoms with Crippen LogP contribution in [0.1, 0.15) is 9.67 Å². The summed E-state index contributed by atoms with van der Waals surface area (Å²) < 4.78 is 0. The first-order chi connectivity index (χ1) is 7.00. The van der Waals surface area contributed by atoms with Crippen molar-refractivity contribution in [3.8, 4) is 0 Å². The average Bonchev–Trinajstić information content (AvgIpc) is 2.62. The first kappa shape index (κ1) is 12.0. The lowest BCUT2D eigenvalue weighted by Gasteiger charge is -2.19. The van der Waals surface area contributed by atoms with Gasteiger partial charge < -0.3 is 14.9 Å². The quantitative estimate of drug-likeness (QED) is 0.828. The van der Waals surface area contributed by atoms with Gasteiger partial charge in [-0.25, -0.2) is 4.79 Å². The Bertz CT molecular complexity index is 336. The molecule has 1 heterocycles. The first-order valence-corrected chi connectivity index (χ1v) is 5.56. The fourth-order valence-corrected chi connectivity index (χ4v) is 1.90. The van der Waals surface area contributed by atoms with E-state index < -0.39 is 5.97 Å². The van der Waals surface area contributed by atoms with Gasteiger partial charge in [0.1, 0.15) is 4.88 Å². The fourth-order valence-electron chi connectivity index (χ4n) is 1.12. The number of nitrogens with zero attached hydrogens (tertiary/aromatic N) is 2. The highest BCUT2D eigenvalue weighted by Gasteiger charge is 2.09. The molecule has 0 fully saturated rings. The van der Waals surface area contributed by atoms with E-state index in [9.17, 15) is 4.79 Å². The molecule has 0 bridgehead atoms. The molecule has 84 valence electrons.